The molecule has 0 spiro atoms. The van der Waals surface area contributed by atoms with Crippen LogP contribution in [0.25, 0.3) is 0 Å². The van der Waals surface area contributed by atoms with Crippen molar-refractivity contribution in [2.24, 2.45) is 0 Å². The van der Waals surface area contributed by atoms with Crippen molar-refractivity contribution in [3.05, 3.63) is 0 Å². The molecule has 6 saturated carbocycles. The van der Waals surface area contributed by atoms with Gasteiger partial charge in [-0.25, -0.2) is 0 Å². The first kappa shape index (κ1) is 23.3. The number of rotatable bonds is 7. The van der Waals surface area contributed by atoms with Crippen LogP contribution in [0.1, 0.15) is 154 Å². The van der Waals surface area contributed by atoms with Crippen molar-refractivity contribution in [3.8, 4) is 0 Å². The molecule has 6 aliphatic rings. The summed E-state index contributed by atoms with van der Waals surface area (Å²) in [6, 6.07) is 0. The van der Waals surface area contributed by atoms with Crippen molar-refractivity contribution in [2.75, 3.05) is 0 Å². The molecule has 0 aromatic heterocycles. The average molecular weight is 479 g/mol. The van der Waals surface area contributed by atoms with Gasteiger partial charge in [-0.2, -0.15) is 0 Å². The van der Waals surface area contributed by atoms with Gasteiger partial charge in [0.15, 0.2) is 0 Å². The molecule has 6 fully saturated rings. The van der Waals surface area contributed by atoms with Gasteiger partial charge in [0.2, 0.25) is 0 Å². The molecular formula is C30H56P2. The monoisotopic (exact) mass is 478 g/mol. The van der Waals surface area contributed by atoms with E-state index in [0.29, 0.717) is 0 Å². The summed E-state index contributed by atoms with van der Waals surface area (Å²) in [4.78, 5) is 0. The molecule has 0 atom stereocenters. The van der Waals surface area contributed by atoms with E-state index in [1.54, 1.807) is 154 Å². The first-order chi connectivity index (χ1) is 15.9. The molecule has 0 aromatic carbocycles. The second-order valence-corrected chi connectivity index (χ2v) is 27.6. The van der Waals surface area contributed by atoms with Crippen LogP contribution < -0.4 is 0 Å². The normalized spacial score (nSPS) is 32.1. The van der Waals surface area contributed by atoms with Gasteiger partial charge in [-0.1, -0.05) is 0 Å². The fourth-order valence-electron chi connectivity index (χ4n) is 12.5. The standard InChI is InChI=1S/C30H56P2/c1-2-14-25(13-1)31(26-15-3-4-16-26,27-17-5-6-18-27)32(28-19-7-8-20-28,29-21-9-10-22-29)30-23-11-12-24-30/h25-32H,1-24H2. The molecule has 0 bridgehead atoms. The van der Waals surface area contributed by atoms with Crippen LogP contribution in [0.15, 0.2) is 0 Å². The Labute approximate surface area is 201 Å². The molecule has 0 aromatic rings. The average Bonchev–Trinajstić information content (AvgIpc) is 3.67. The van der Waals surface area contributed by atoms with Crippen molar-refractivity contribution >= 4 is 13.9 Å². The molecule has 0 radical (unpaired) electrons. The maximum absolute atomic E-state index is 1.72. The van der Waals surface area contributed by atoms with Gasteiger partial charge in [0.25, 0.3) is 0 Å². The number of hydrogen-bond acceptors (Lipinski definition) is 0. The molecule has 0 amide bonds. The minimum absolute atomic E-state index is 1.31. The fraction of sp³-hybridized carbons (Fsp3) is 1.00. The quantitative estimate of drug-likeness (QED) is 0.319. The van der Waals surface area contributed by atoms with Crippen molar-refractivity contribution in [3.63, 3.8) is 0 Å². The molecule has 0 unspecified atom stereocenters. The van der Waals surface area contributed by atoms with Crippen molar-refractivity contribution in [2.45, 2.75) is 188 Å². The van der Waals surface area contributed by atoms with E-state index < -0.39 is 13.9 Å². The van der Waals surface area contributed by atoms with Crippen LogP contribution in [0, 0.1) is 0 Å². The summed E-state index contributed by atoms with van der Waals surface area (Å²) in [7, 11) is 0. The zero-order valence-corrected chi connectivity index (χ0v) is 23.4. The van der Waals surface area contributed by atoms with Crippen molar-refractivity contribution < 1.29 is 0 Å². The predicted molar refractivity (Wildman–Crippen MR) is 150 cm³/mol. The van der Waals surface area contributed by atoms with Gasteiger partial charge >= 0.3 is 202 Å². The van der Waals surface area contributed by atoms with Crippen LogP contribution in [0.2, 0.25) is 0 Å². The van der Waals surface area contributed by atoms with Crippen LogP contribution in [-0.4, -0.2) is 34.0 Å². The summed E-state index contributed by atoms with van der Waals surface area (Å²) in [6.07, 6.45) is 40.2. The first-order valence-corrected chi connectivity index (χ1v) is 21.3. The van der Waals surface area contributed by atoms with Crippen LogP contribution >= 0.6 is 13.9 Å². The van der Waals surface area contributed by atoms with Crippen molar-refractivity contribution in [1.29, 1.82) is 0 Å². The number of hydrogen-bond donors (Lipinski definition) is 0. The van der Waals surface area contributed by atoms with E-state index in [9.17, 15) is 0 Å². The van der Waals surface area contributed by atoms with E-state index in [2.05, 4.69) is 0 Å². The summed E-state index contributed by atoms with van der Waals surface area (Å²) < 4.78 is 0. The van der Waals surface area contributed by atoms with E-state index >= 15 is 0 Å². The summed E-state index contributed by atoms with van der Waals surface area (Å²) in [5.41, 5.74) is 7.85. The van der Waals surface area contributed by atoms with Gasteiger partial charge in [-0.05, 0) is 0 Å². The van der Waals surface area contributed by atoms with Crippen LogP contribution in [-0.2, 0) is 0 Å². The zero-order valence-electron chi connectivity index (χ0n) is 21.4. The fourth-order valence-corrected chi connectivity index (χ4v) is 46.9. The molecule has 6 aliphatic carbocycles. The Balaban J connectivity index is 1.59. The van der Waals surface area contributed by atoms with E-state index in [-0.39, 0.29) is 0 Å². The van der Waals surface area contributed by atoms with E-state index in [1.165, 1.54) is 34.0 Å². The van der Waals surface area contributed by atoms with Crippen LogP contribution in [0.5, 0.6) is 0 Å². The van der Waals surface area contributed by atoms with E-state index in [4.69, 9.17) is 0 Å². The van der Waals surface area contributed by atoms with E-state index in [1.807, 2.05) is 0 Å². The van der Waals surface area contributed by atoms with Crippen LogP contribution in [0.3, 0.4) is 0 Å². The van der Waals surface area contributed by atoms with E-state index in [0.717, 1.165) is 0 Å². The molecule has 0 N–H and O–H groups in total. The van der Waals surface area contributed by atoms with Crippen LogP contribution in [0.4, 0.5) is 0 Å². The predicted octanol–water partition coefficient (Wildman–Crippen LogP) is 10.1. The van der Waals surface area contributed by atoms with Gasteiger partial charge in [0.1, 0.15) is 0 Å². The summed E-state index contributed by atoms with van der Waals surface area (Å²) in [5, 5.41) is 0. The summed E-state index contributed by atoms with van der Waals surface area (Å²) >= 11 is 0. The molecule has 186 valence electrons. The zero-order chi connectivity index (χ0) is 21.4. The van der Waals surface area contributed by atoms with Gasteiger partial charge in [0, 0.05) is 0 Å². The molecule has 0 saturated heterocycles. The minimum atomic E-state index is -1.33. The van der Waals surface area contributed by atoms with Gasteiger partial charge in [-0.3, -0.25) is 0 Å². The molecule has 2 heteroatoms. The molecule has 32 heavy (non-hydrogen) atoms. The third-order valence-electron chi connectivity index (χ3n) is 12.9. The topological polar surface area (TPSA) is 0 Å². The van der Waals surface area contributed by atoms with Gasteiger partial charge < -0.3 is 0 Å². The Morgan fingerprint density at radius 1 is 0.219 bits per heavy atom. The molecule has 0 aliphatic heterocycles. The molecule has 0 nitrogen and oxygen atoms in total. The second kappa shape index (κ2) is 10.1. The Morgan fingerprint density at radius 2 is 0.344 bits per heavy atom. The Bertz CT molecular complexity index is 457. The van der Waals surface area contributed by atoms with Crippen molar-refractivity contribution in [1.82, 2.24) is 0 Å². The van der Waals surface area contributed by atoms with Gasteiger partial charge in [-0.15, -0.1) is 0 Å². The second-order valence-electron chi connectivity index (χ2n) is 13.8. The first-order valence-electron chi connectivity index (χ1n) is 15.9. The third kappa shape index (κ3) is 3.56. The van der Waals surface area contributed by atoms with Gasteiger partial charge in [0.05, 0.1) is 0 Å². The molecular weight excluding hydrogens is 422 g/mol. The SMILES string of the molecule is C1CCC([PH](C2CCCC2)(C2CCCC2)[PH](C2CCCC2)(C2CCCC2)C2CCCC2)C1. The Hall–Kier alpha value is 0.860. The molecule has 6 rings (SSSR count). The molecule has 0 heterocycles. The summed E-state index contributed by atoms with van der Waals surface area (Å²) in [5.74, 6) is 0. The Morgan fingerprint density at radius 3 is 0.469 bits per heavy atom. The summed E-state index contributed by atoms with van der Waals surface area (Å²) in [6.45, 7) is -2.66. The third-order valence-corrected chi connectivity index (χ3v) is 37.9. The Kier molecular flexibility index (Phi) is 7.33. The maximum atomic E-state index is 1.72.